The first-order chi connectivity index (χ1) is 11.3. The van der Waals surface area contributed by atoms with Crippen LogP contribution in [0.5, 0.6) is 5.75 Å². The third kappa shape index (κ3) is 3.27. The van der Waals surface area contributed by atoms with Gasteiger partial charge in [0.1, 0.15) is 5.75 Å². The molecule has 0 radical (unpaired) electrons. The molecule has 2 aliphatic rings. The number of thioether (sulfide) groups is 1. The van der Waals surface area contributed by atoms with Gasteiger partial charge in [0.15, 0.2) is 15.0 Å². The van der Waals surface area contributed by atoms with Crippen LogP contribution in [0.15, 0.2) is 23.2 Å². The van der Waals surface area contributed by atoms with Gasteiger partial charge in [-0.1, -0.05) is 30.3 Å². The summed E-state index contributed by atoms with van der Waals surface area (Å²) in [4.78, 5) is 17.8. The fourth-order valence-electron chi connectivity index (χ4n) is 2.88. The van der Waals surface area contributed by atoms with Crippen molar-refractivity contribution in [3.63, 3.8) is 0 Å². The third-order valence-electron chi connectivity index (χ3n) is 3.99. The lowest BCUT2D eigenvalue weighted by atomic mass is 10.2. The van der Waals surface area contributed by atoms with Crippen LogP contribution in [0, 0.1) is 0 Å². The molecule has 0 saturated carbocycles. The number of rotatable bonds is 3. The van der Waals surface area contributed by atoms with Crippen molar-refractivity contribution in [2.45, 2.75) is 24.6 Å². The van der Waals surface area contributed by atoms with Gasteiger partial charge in [0.05, 0.1) is 30.3 Å². The quantitative estimate of drug-likeness (QED) is 0.791. The molecule has 0 N–H and O–H groups in total. The molecule has 0 aromatic heterocycles. The Bertz CT molecular complexity index is 810. The summed E-state index contributed by atoms with van der Waals surface area (Å²) in [6, 6.07) is 4.85. The summed E-state index contributed by atoms with van der Waals surface area (Å²) in [5.74, 6) is 0.425. The molecule has 1 amide bonds. The van der Waals surface area contributed by atoms with Gasteiger partial charge >= 0.3 is 0 Å². The van der Waals surface area contributed by atoms with Gasteiger partial charge in [-0.15, -0.1) is 0 Å². The molecule has 0 spiro atoms. The van der Waals surface area contributed by atoms with Crippen LogP contribution in [-0.2, 0) is 14.6 Å². The van der Waals surface area contributed by atoms with Crippen LogP contribution in [0.3, 0.4) is 0 Å². The first-order valence-electron chi connectivity index (χ1n) is 7.46. The fraction of sp³-hybridized carbons (Fsp3) is 0.467. The molecular weight excluding hydrogens is 372 g/mol. The number of sulfone groups is 1. The second-order valence-corrected chi connectivity index (χ2v) is 9.42. The van der Waals surface area contributed by atoms with E-state index in [-0.39, 0.29) is 35.1 Å². The van der Waals surface area contributed by atoms with Gasteiger partial charge in [0.25, 0.3) is 0 Å². The van der Waals surface area contributed by atoms with E-state index in [1.807, 2.05) is 0 Å². The second kappa shape index (κ2) is 6.57. The molecule has 2 fully saturated rings. The highest BCUT2D eigenvalue weighted by molar-refractivity contribution is 8.16. The standard InChI is InChI=1S/C15H17ClN2O4S2/c1-3-14(19)17-15-18(10-6-9(16)4-5-12(10)22-2)11-7-24(20,21)8-13(11)23-15/h4-6,11,13H,3,7-8H2,1-2H3/t11-,13+/m0/s1. The number of carbonyl (C=O) groups excluding carboxylic acids is 1. The highest BCUT2D eigenvalue weighted by Gasteiger charge is 2.50. The van der Waals surface area contributed by atoms with Crippen molar-refractivity contribution in [3.05, 3.63) is 23.2 Å². The number of aliphatic imine (C=N–C) groups is 1. The van der Waals surface area contributed by atoms with E-state index in [9.17, 15) is 13.2 Å². The van der Waals surface area contributed by atoms with Crippen molar-refractivity contribution in [1.29, 1.82) is 0 Å². The van der Waals surface area contributed by atoms with Crippen LogP contribution in [0.1, 0.15) is 13.3 Å². The Labute approximate surface area is 150 Å². The van der Waals surface area contributed by atoms with E-state index in [0.717, 1.165) is 0 Å². The van der Waals surface area contributed by atoms with E-state index in [1.165, 1.54) is 18.9 Å². The summed E-state index contributed by atoms with van der Waals surface area (Å²) in [6.07, 6.45) is 0.290. The lowest BCUT2D eigenvalue weighted by Gasteiger charge is -2.26. The van der Waals surface area contributed by atoms with Crippen LogP contribution in [0.25, 0.3) is 0 Å². The minimum Gasteiger partial charge on any atom is -0.495 e. The number of benzene rings is 1. The molecule has 3 rings (SSSR count). The number of carbonyl (C=O) groups is 1. The van der Waals surface area contributed by atoms with E-state index in [2.05, 4.69) is 4.99 Å². The summed E-state index contributed by atoms with van der Waals surface area (Å²) < 4.78 is 29.4. The zero-order chi connectivity index (χ0) is 17.5. The number of amides is 1. The first kappa shape index (κ1) is 17.6. The normalized spacial score (nSPS) is 26.6. The average Bonchev–Trinajstić information content (AvgIpc) is 2.97. The number of hydrogen-bond donors (Lipinski definition) is 0. The molecular formula is C15H17ClN2O4S2. The van der Waals surface area contributed by atoms with Crippen molar-refractivity contribution in [3.8, 4) is 5.75 Å². The molecule has 0 bridgehead atoms. The van der Waals surface area contributed by atoms with Gasteiger partial charge < -0.3 is 9.64 Å². The van der Waals surface area contributed by atoms with Crippen molar-refractivity contribution >= 4 is 50.0 Å². The molecule has 1 aromatic rings. The highest BCUT2D eigenvalue weighted by atomic mass is 35.5. The Morgan fingerprint density at radius 3 is 2.88 bits per heavy atom. The van der Waals surface area contributed by atoms with Gasteiger partial charge in [0.2, 0.25) is 5.91 Å². The smallest absolute Gasteiger partial charge is 0.247 e. The number of methoxy groups -OCH3 is 1. The van der Waals surface area contributed by atoms with Gasteiger partial charge in [-0.25, -0.2) is 8.42 Å². The van der Waals surface area contributed by atoms with Gasteiger partial charge in [-0.3, -0.25) is 4.79 Å². The summed E-state index contributed by atoms with van der Waals surface area (Å²) in [5, 5.41) is 0.857. The maximum atomic E-state index is 12.0. The molecule has 6 nitrogen and oxygen atoms in total. The predicted octanol–water partition coefficient (Wildman–Crippen LogP) is 2.36. The van der Waals surface area contributed by atoms with Crippen LogP contribution in [-0.4, -0.2) is 49.4 Å². The molecule has 24 heavy (non-hydrogen) atoms. The van der Waals surface area contributed by atoms with Gasteiger partial charge in [-0.2, -0.15) is 4.99 Å². The summed E-state index contributed by atoms with van der Waals surface area (Å²) in [6.45, 7) is 1.74. The predicted molar refractivity (Wildman–Crippen MR) is 97.0 cm³/mol. The van der Waals surface area contributed by atoms with E-state index >= 15 is 0 Å². The van der Waals surface area contributed by atoms with Crippen LogP contribution >= 0.6 is 23.4 Å². The summed E-state index contributed by atoms with van der Waals surface area (Å²) >= 11 is 7.45. The largest absolute Gasteiger partial charge is 0.495 e. The first-order valence-corrected chi connectivity index (χ1v) is 10.5. The van der Waals surface area contributed by atoms with Crippen LogP contribution < -0.4 is 9.64 Å². The third-order valence-corrected chi connectivity index (χ3v) is 7.43. The number of hydrogen-bond acceptors (Lipinski definition) is 5. The van der Waals surface area contributed by atoms with Gasteiger partial charge in [-0.05, 0) is 18.2 Å². The Kier molecular flexibility index (Phi) is 4.81. The zero-order valence-corrected chi connectivity index (χ0v) is 15.6. The maximum Gasteiger partial charge on any atom is 0.247 e. The number of halogens is 1. The minimum absolute atomic E-state index is 0.0275. The Morgan fingerprint density at radius 1 is 1.46 bits per heavy atom. The Balaban J connectivity index is 2.10. The van der Waals surface area contributed by atoms with Crippen molar-refractivity contribution in [2.75, 3.05) is 23.5 Å². The molecule has 2 atom stereocenters. The zero-order valence-electron chi connectivity index (χ0n) is 13.2. The van der Waals surface area contributed by atoms with E-state index < -0.39 is 9.84 Å². The molecule has 2 heterocycles. The molecule has 9 heteroatoms. The SMILES string of the molecule is CCC(=O)N=C1S[C@@H]2CS(=O)(=O)C[C@@H]2N1c1cc(Cl)ccc1OC. The molecule has 130 valence electrons. The fourth-order valence-corrected chi connectivity index (χ4v) is 6.97. The number of ether oxygens (including phenoxy) is 1. The number of amidine groups is 1. The lowest BCUT2D eigenvalue weighted by molar-refractivity contribution is -0.117. The topological polar surface area (TPSA) is 76.0 Å². The van der Waals surface area contributed by atoms with E-state index in [0.29, 0.717) is 21.6 Å². The van der Waals surface area contributed by atoms with E-state index in [1.54, 1.807) is 30.0 Å². The number of nitrogens with zero attached hydrogens (tertiary/aromatic N) is 2. The molecule has 2 aliphatic heterocycles. The second-order valence-electron chi connectivity index (χ2n) is 5.63. The molecule has 0 aliphatic carbocycles. The molecule has 2 saturated heterocycles. The average molecular weight is 389 g/mol. The summed E-state index contributed by atoms with van der Waals surface area (Å²) in [7, 11) is -1.58. The lowest BCUT2D eigenvalue weighted by Crippen LogP contribution is -2.38. The van der Waals surface area contributed by atoms with Crippen molar-refractivity contribution in [2.24, 2.45) is 4.99 Å². The summed E-state index contributed by atoms with van der Waals surface area (Å²) in [5.41, 5.74) is 0.629. The molecule has 0 unspecified atom stereocenters. The Morgan fingerprint density at radius 2 is 2.21 bits per heavy atom. The maximum absolute atomic E-state index is 12.0. The monoisotopic (exact) mass is 388 g/mol. The highest BCUT2D eigenvalue weighted by Crippen LogP contribution is 2.44. The Hall–Kier alpha value is -1.25. The van der Waals surface area contributed by atoms with Crippen molar-refractivity contribution < 1.29 is 17.9 Å². The van der Waals surface area contributed by atoms with Crippen LogP contribution in [0.4, 0.5) is 5.69 Å². The van der Waals surface area contributed by atoms with Gasteiger partial charge in [0, 0.05) is 16.7 Å². The van der Waals surface area contributed by atoms with Crippen LogP contribution in [0.2, 0.25) is 5.02 Å². The molecule has 1 aromatic carbocycles. The van der Waals surface area contributed by atoms with E-state index in [4.69, 9.17) is 16.3 Å². The number of anilines is 1. The minimum atomic E-state index is -3.11. The number of fused-ring (bicyclic) bond motifs is 1. The van der Waals surface area contributed by atoms with Crippen molar-refractivity contribution in [1.82, 2.24) is 0 Å².